The number of thioether (sulfide) groups is 1. The van der Waals surface area contributed by atoms with Crippen LogP contribution >= 0.6 is 11.8 Å². The summed E-state index contributed by atoms with van der Waals surface area (Å²) < 4.78 is 11.1. The maximum absolute atomic E-state index is 12.1. The molecule has 1 N–H and O–H groups in total. The lowest BCUT2D eigenvalue weighted by Crippen LogP contribution is -2.26. The second-order valence-corrected chi connectivity index (χ2v) is 6.60. The Kier molecular flexibility index (Phi) is 7.95. The first-order valence-corrected chi connectivity index (χ1v) is 9.32. The number of pyridine rings is 1. The quantitative estimate of drug-likeness (QED) is 0.414. The molecule has 2 rings (SSSR count). The molecule has 1 atom stereocenters. The van der Waals surface area contributed by atoms with Crippen LogP contribution in [0.4, 0.5) is 0 Å². The van der Waals surface area contributed by atoms with Crippen LogP contribution < -0.4 is 14.9 Å². The highest BCUT2D eigenvalue weighted by molar-refractivity contribution is 8.00. The van der Waals surface area contributed by atoms with Gasteiger partial charge in [-0.05, 0) is 56.7 Å². The van der Waals surface area contributed by atoms with Gasteiger partial charge in [0, 0.05) is 6.20 Å². The van der Waals surface area contributed by atoms with Gasteiger partial charge in [-0.3, -0.25) is 4.79 Å². The highest BCUT2D eigenvalue weighted by Crippen LogP contribution is 2.28. The smallest absolute Gasteiger partial charge is 0.253 e. The van der Waals surface area contributed by atoms with Crippen LogP contribution in [0.3, 0.4) is 0 Å². The van der Waals surface area contributed by atoms with Crippen LogP contribution in [-0.2, 0) is 4.79 Å². The number of amides is 1. The summed E-state index contributed by atoms with van der Waals surface area (Å²) in [6, 6.07) is 11.1. The predicted octanol–water partition coefficient (Wildman–Crippen LogP) is 3.51. The van der Waals surface area contributed by atoms with Gasteiger partial charge >= 0.3 is 0 Å². The fraction of sp³-hybridized carbons (Fsp3) is 0.316. The lowest BCUT2D eigenvalue weighted by Gasteiger charge is -2.11. The van der Waals surface area contributed by atoms with Crippen LogP contribution in [0.5, 0.6) is 11.5 Å². The third-order valence-electron chi connectivity index (χ3n) is 3.26. The van der Waals surface area contributed by atoms with Crippen molar-refractivity contribution in [2.24, 2.45) is 5.10 Å². The van der Waals surface area contributed by atoms with Crippen molar-refractivity contribution in [2.45, 2.75) is 31.0 Å². The zero-order valence-electron chi connectivity index (χ0n) is 15.1. The van der Waals surface area contributed by atoms with E-state index in [0.29, 0.717) is 24.7 Å². The van der Waals surface area contributed by atoms with Gasteiger partial charge in [0.2, 0.25) is 0 Å². The third-order valence-corrected chi connectivity index (χ3v) is 4.31. The van der Waals surface area contributed by atoms with Gasteiger partial charge in [-0.1, -0.05) is 17.8 Å². The van der Waals surface area contributed by atoms with Crippen LogP contribution in [0.2, 0.25) is 0 Å². The molecule has 0 aliphatic heterocycles. The summed E-state index contributed by atoms with van der Waals surface area (Å²) in [6.07, 6.45) is 3.28. The van der Waals surface area contributed by atoms with Crippen molar-refractivity contribution in [3.63, 3.8) is 0 Å². The summed E-state index contributed by atoms with van der Waals surface area (Å²) in [4.78, 5) is 16.3. The van der Waals surface area contributed by atoms with Crippen molar-refractivity contribution < 1.29 is 14.3 Å². The molecule has 0 bridgehead atoms. The molecule has 0 fully saturated rings. The monoisotopic (exact) mass is 373 g/mol. The number of carbonyl (C=O) groups excluding carboxylic acids is 1. The number of hydrogen-bond acceptors (Lipinski definition) is 6. The molecule has 0 unspecified atom stereocenters. The van der Waals surface area contributed by atoms with Gasteiger partial charge in [0.05, 0.1) is 29.7 Å². The molecule has 2 aromatic rings. The molecule has 0 spiro atoms. The standard InChI is InChI=1S/C19H23N3O3S/c1-4-24-16-10-9-15(12-17(16)25-5-2)13-21-22-19(23)14(3)26-18-8-6-7-11-20-18/h6-14H,4-5H2,1-3H3,(H,22,23)/b21-13-/t14-/m0/s1. The van der Waals surface area contributed by atoms with E-state index in [0.717, 1.165) is 10.6 Å². The van der Waals surface area contributed by atoms with E-state index in [1.165, 1.54) is 11.8 Å². The number of ether oxygens (including phenoxy) is 2. The summed E-state index contributed by atoms with van der Waals surface area (Å²) in [5.74, 6) is 1.16. The Morgan fingerprint density at radius 1 is 1.23 bits per heavy atom. The molecular weight excluding hydrogens is 350 g/mol. The number of hydrogen-bond donors (Lipinski definition) is 1. The van der Waals surface area contributed by atoms with Gasteiger partial charge in [0.1, 0.15) is 0 Å². The first kappa shape index (κ1) is 19.8. The topological polar surface area (TPSA) is 72.8 Å². The second kappa shape index (κ2) is 10.5. The van der Waals surface area contributed by atoms with Gasteiger partial charge in [-0.15, -0.1) is 0 Å². The van der Waals surface area contributed by atoms with Gasteiger partial charge < -0.3 is 9.47 Å². The molecule has 7 heteroatoms. The molecule has 1 aromatic heterocycles. The molecule has 0 radical (unpaired) electrons. The first-order valence-electron chi connectivity index (χ1n) is 8.44. The van der Waals surface area contributed by atoms with E-state index in [4.69, 9.17) is 9.47 Å². The van der Waals surface area contributed by atoms with E-state index in [1.807, 2.05) is 57.2 Å². The van der Waals surface area contributed by atoms with Crippen LogP contribution in [0.15, 0.2) is 52.7 Å². The summed E-state index contributed by atoms with van der Waals surface area (Å²) in [7, 11) is 0. The van der Waals surface area contributed by atoms with Crippen LogP contribution in [0.1, 0.15) is 26.3 Å². The van der Waals surface area contributed by atoms with Gasteiger partial charge in [0.25, 0.3) is 5.91 Å². The van der Waals surface area contributed by atoms with E-state index in [1.54, 1.807) is 12.4 Å². The molecule has 0 saturated heterocycles. The van der Waals surface area contributed by atoms with Crippen molar-refractivity contribution in [2.75, 3.05) is 13.2 Å². The molecular formula is C19H23N3O3S. The SMILES string of the molecule is CCOc1ccc(/C=N\NC(=O)[C@H](C)Sc2ccccn2)cc1OCC. The fourth-order valence-corrected chi connectivity index (χ4v) is 2.86. The van der Waals surface area contributed by atoms with E-state index in [2.05, 4.69) is 15.5 Å². The predicted molar refractivity (Wildman–Crippen MR) is 104 cm³/mol. The van der Waals surface area contributed by atoms with Crippen molar-refractivity contribution in [1.29, 1.82) is 0 Å². The highest BCUT2D eigenvalue weighted by Gasteiger charge is 2.14. The Hall–Kier alpha value is -2.54. The summed E-state index contributed by atoms with van der Waals surface area (Å²) in [5.41, 5.74) is 3.36. The molecule has 0 aliphatic carbocycles. The van der Waals surface area contributed by atoms with Crippen molar-refractivity contribution in [3.05, 3.63) is 48.2 Å². The fourth-order valence-electron chi connectivity index (χ4n) is 2.06. The first-order chi connectivity index (χ1) is 12.6. The van der Waals surface area contributed by atoms with E-state index in [9.17, 15) is 4.79 Å². The molecule has 0 saturated carbocycles. The molecule has 1 aromatic carbocycles. The maximum Gasteiger partial charge on any atom is 0.253 e. The van der Waals surface area contributed by atoms with Crippen molar-refractivity contribution in [1.82, 2.24) is 10.4 Å². The summed E-state index contributed by atoms with van der Waals surface area (Å²) in [5, 5.41) is 4.52. The molecule has 0 aliphatic rings. The summed E-state index contributed by atoms with van der Waals surface area (Å²) in [6.45, 7) is 6.76. The molecule has 138 valence electrons. The van der Waals surface area contributed by atoms with E-state index >= 15 is 0 Å². The van der Waals surface area contributed by atoms with Gasteiger partial charge in [0.15, 0.2) is 11.5 Å². The number of carbonyl (C=O) groups is 1. The molecule has 6 nitrogen and oxygen atoms in total. The number of hydrazone groups is 1. The van der Waals surface area contributed by atoms with E-state index < -0.39 is 0 Å². The maximum atomic E-state index is 12.1. The Morgan fingerprint density at radius 3 is 2.69 bits per heavy atom. The second-order valence-electron chi connectivity index (χ2n) is 5.23. The van der Waals surface area contributed by atoms with E-state index in [-0.39, 0.29) is 11.2 Å². The lowest BCUT2D eigenvalue weighted by molar-refractivity contribution is -0.120. The third kappa shape index (κ3) is 6.07. The average Bonchev–Trinajstić information content (AvgIpc) is 2.65. The minimum atomic E-state index is -0.304. The molecule has 26 heavy (non-hydrogen) atoms. The Bertz CT molecular complexity index is 738. The van der Waals surface area contributed by atoms with Crippen molar-refractivity contribution in [3.8, 4) is 11.5 Å². The minimum absolute atomic E-state index is 0.187. The number of benzene rings is 1. The normalized spacial score (nSPS) is 12.0. The number of aromatic nitrogens is 1. The van der Waals surface area contributed by atoms with Gasteiger partial charge in [-0.2, -0.15) is 5.10 Å². The minimum Gasteiger partial charge on any atom is -0.490 e. The zero-order chi connectivity index (χ0) is 18.8. The Labute approximate surface area is 158 Å². The summed E-state index contributed by atoms with van der Waals surface area (Å²) >= 11 is 1.38. The molecule has 1 amide bonds. The Balaban J connectivity index is 1.94. The van der Waals surface area contributed by atoms with Crippen molar-refractivity contribution >= 4 is 23.9 Å². The van der Waals surface area contributed by atoms with Gasteiger partial charge in [-0.25, -0.2) is 10.4 Å². The lowest BCUT2D eigenvalue weighted by atomic mass is 10.2. The number of nitrogens with zero attached hydrogens (tertiary/aromatic N) is 2. The van der Waals surface area contributed by atoms with Crippen LogP contribution in [0.25, 0.3) is 0 Å². The number of nitrogens with one attached hydrogen (secondary N) is 1. The van der Waals surface area contributed by atoms with Crippen LogP contribution in [-0.4, -0.2) is 35.6 Å². The largest absolute Gasteiger partial charge is 0.490 e. The molecule has 1 heterocycles. The Morgan fingerprint density at radius 2 is 2.00 bits per heavy atom. The zero-order valence-corrected chi connectivity index (χ0v) is 16.0. The highest BCUT2D eigenvalue weighted by atomic mass is 32.2. The average molecular weight is 373 g/mol. The number of rotatable bonds is 9. The van der Waals surface area contributed by atoms with Crippen LogP contribution in [0, 0.1) is 0 Å².